The van der Waals surface area contributed by atoms with E-state index in [-0.39, 0.29) is 0 Å². The monoisotopic (exact) mass is 248 g/mol. The van der Waals surface area contributed by atoms with E-state index in [1.165, 1.54) is 24.0 Å². The third-order valence-corrected chi connectivity index (χ3v) is 4.34. The second-order valence-electron chi connectivity index (χ2n) is 4.53. The highest BCUT2D eigenvalue weighted by Gasteiger charge is 2.17. The van der Waals surface area contributed by atoms with Crippen LogP contribution in [0.5, 0.6) is 5.75 Å². The Morgan fingerprint density at radius 1 is 1.47 bits per heavy atom. The molecule has 2 aromatic rings. The number of rotatable bonds is 4. The number of fused-ring (bicyclic) bond motifs is 1. The first kappa shape index (κ1) is 10.8. The van der Waals surface area contributed by atoms with Crippen LogP contribution < -0.4 is 10.1 Å². The molecule has 1 aromatic heterocycles. The number of thiazole rings is 1. The molecule has 3 nitrogen and oxygen atoms in total. The summed E-state index contributed by atoms with van der Waals surface area (Å²) in [5, 5.41) is 4.47. The molecule has 1 N–H and O–H groups in total. The molecular weight excluding hydrogens is 232 g/mol. The van der Waals surface area contributed by atoms with Crippen LogP contribution in [0.2, 0.25) is 0 Å². The number of hydrogen-bond acceptors (Lipinski definition) is 4. The first-order chi connectivity index (χ1) is 8.35. The van der Waals surface area contributed by atoms with Gasteiger partial charge in [-0.1, -0.05) is 17.8 Å². The zero-order valence-corrected chi connectivity index (χ0v) is 10.7. The van der Waals surface area contributed by atoms with Crippen LogP contribution in [-0.4, -0.2) is 18.6 Å². The van der Waals surface area contributed by atoms with E-state index in [0.717, 1.165) is 28.9 Å². The van der Waals surface area contributed by atoms with Crippen molar-refractivity contribution in [2.45, 2.75) is 19.3 Å². The van der Waals surface area contributed by atoms with Gasteiger partial charge in [0.25, 0.3) is 0 Å². The Morgan fingerprint density at radius 3 is 3.06 bits per heavy atom. The number of ether oxygens (including phenoxy) is 1. The molecule has 90 valence electrons. The van der Waals surface area contributed by atoms with Crippen molar-refractivity contribution in [1.29, 1.82) is 0 Å². The minimum Gasteiger partial charge on any atom is -0.497 e. The van der Waals surface area contributed by atoms with Gasteiger partial charge in [0.05, 0.1) is 17.3 Å². The number of aromatic nitrogens is 1. The fourth-order valence-corrected chi connectivity index (χ4v) is 2.94. The summed E-state index contributed by atoms with van der Waals surface area (Å²) in [6.07, 6.45) is 4.13. The van der Waals surface area contributed by atoms with Crippen molar-refractivity contribution in [3.05, 3.63) is 18.2 Å². The fraction of sp³-hybridized carbons (Fsp3) is 0.462. The van der Waals surface area contributed by atoms with E-state index in [9.17, 15) is 0 Å². The highest BCUT2D eigenvalue weighted by molar-refractivity contribution is 7.22. The minimum absolute atomic E-state index is 0.858. The molecule has 0 saturated heterocycles. The van der Waals surface area contributed by atoms with Gasteiger partial charge in [0.1, 0.15) is 5.75 Å². The molecule has 4 heteroatoms. The third kappa shape index (κ3) is 2.22. The van der Waals surface area contributed by atoms with Crippen LogP contribution >= 0.6 is 11.3 Å². The quantitative estimate of drug-likeness (QED) is 0.899. The highest BCUT2D eigenvalue weighted by atomic mass is 32.1. The van der Waals surface area contributed by atoms with Crippen LogP contribution in [-0.2, 0) is 0 Å². The van der Waals surface area contributed by atoms with Crippen LogP contribution in [0.4, 0.5) is 5.13 Å². The van der Waals surface area contributed by atoms with Crippen molar-refractivity contribution in [3.8, 4) is 5.75 Å². The lowest BCUT2D eigenvalue weighted by molar-refractivity contribution is 0.333. The molecule has 1 aliphatic rings. The number of methoxy groups -OCH3 is 1. The van der Waals surface area contributed by atoms with Crippen molar-refractivity contribution < 1.29 is 4.74 Å². The van der Waals surface area contributed by atoms with Crippen molar-refractivity contribution in [1.82, 2.24) is 4.98 Å². The van der Waals surface area contributed by atoms with Crippen molar-refractivity contribution in [2.24, 2.45) is 5.92 Å². The SMILES string of the molecule is COc1ccc2nc(NCC3CCC3)sc2c1. The Hall–Kier alpha value is -1.29. The van der Waals surface area contributed by atoms with Gasteiger partial charge in [0.2, 0.25) is 0 Å². The lowest BCUT2D eigenvalue weighted by Gasteiger charge is -2.25. The van der Waals surface area contributed by atoms with Crippen LogP contribution in [0.25, 0.3) is 10.2 Å². The molecule has 0 amide bonds. The first-order valence-electron chi connectivity index (χ1n) is 6.03. The Labute approximate surface area is 105 Å². The lowest BCUT2D eigenvalue weighted by Crippen LogP contribution is -2.20. The zero-order chi connectivity index (χ0) is 11.7. The predicted octanol–water partition coefficient (Wildman–Crippen LogP) is 3.52. The Morgan fingerprint density at radius 2 is 2.35 bits per heavy atom. The van der Waals surface area contributed by atoms with E-state index in [1.807, 2.05) is 18.2 Å². The molecule has 1 heterocycles. The van der Waals surface area contributed by atoms with E-state index < -0.39 is 0 Å². The minimum atomic E-state index is 0.858. The fourth-order valence-electron chi connectivity index (χ4n) is 2.04. The van der Waals surface area contributed by atoms with Gasteiger partial charge in [-0.3, -0.25) is 0 Å². The molecule has 1 saturated carbocycles. The smallest absolute Gasteiger partial charge is 0.183 e. The molecule has 17 heavy (non-hydrogen) atoms. The molecule has 0 radical (unpaired) electrons. The van der Waals surface area contributed by atoms with Gasteiger partial charge in [0.15, 0.2) is 5.13 Å². The summed E-state index contributed by atoms with van der Waals surface area (Å²) < 4.78 is 6.40. The highest BCUT2D eigenvalue weighted by Crippen LogP contribution is 2.31. The van der Waals surface area contributed by atoms with E-state index in [2.05, 4.69) is 10.3 Å². The second kappa shape index (κ2) is 4.53. The standard InChI is InChI=1S/C13H16N2OS/c1-16-10-5-6-11-12(7-10)17-13(15-11)14-8-9-3-2-4-9/h5-7,9H,2-4,8H2,1H3,(H,14,15). The molecular formula is C13H16N2OS. The number of hydrogen-bond donors (Lipinski definition) is 1. The van der Waals surface area contributed by atoms with E-state index >= 15 is 0 Å². The molecule has 3 rings (SSSR count). The number of nitrogens with one attached hydrogen (secondary N) is 1. The van der Waals surface area contributed by atoms with Gasteiger partial charge in [0, 0.05) is 6.54 Å². The van der Waals surface area contributed by atoms with Gasteiger partial charge < -0.3 is 10.1 Å². The van der Waals surface area contributed by atoms with Crippen LogP contribution in [0.3, 0.4) is 0 Å². The molecule has 1 aliphatic carbocycles. The summed E-state index contributed by atoms with van der Waals surface area (Å²) in [7, 11) is 1.69. The maximum Gasteiger partial charge on any atom is 0.183 e. The summed E-state index contributed by atoms with van der Waals surface area (Å²) in [6.45, 7) is 1.07. The molecule has 0 unspecified atom stereocenters. The summed E-state index contributed by atoms with van der Waals surface area (Å²) in [5.41, 5.74) is 1.05. The Kier molecular flexibility index (Phi) is 2.89. The second-order valence-corrected chi connectivity index (χ2v) is 5.56. The van der Waals surface area contributed by atoms with Gasteiger partial charge in [-0.05, 0) is 37.0 Å². The van der Waals surface area contributed by atoms with Crippen LogP contribution in [0, 0.1) is 5.92 Å². The largest absolute Gasteiger partial charge is 0.497 e. The first-order valence-corrected chi connectivity index (χ1v) is 6.85. The number of anilines is 1. The summed E-state index contributed by atoms with van der Waals surface area (Å²) in [4.78, 5) is 4.57. The summed E-state index contributed by atoms with van der Waals surface area (Å²) >= 11 is 1.70. The maximum atomic E-state index is 5.21. The van der Waals surface area contributed by atoms with Gasteiger partial charge in [-0.25, -0.2) is 4.98 Å². The normalized spacial score (nSPS) is 15.8. The van der Waals surface area contributed by atoms with E-state index in [4.69, 9.17) is 4.74 Å². The molecule has 0 spiro atoms. The third-order valence-electron chi connectivity index (χ3n) is 3.36. The summed E-state index contributed by atoms with van der Waals surface area (Å²) in [6, 6.07) is 6.01. The topological polar surface area (TPSA) is 34.1 Å². The van der Waals surface area contributed by atoms with Crippen molar-refractivity contribution in [2.75, 3.05) is 19.0 Å². The lowest BCUT2D eigenvalue weighted by atomic mass is 9.86. The zero-order valence-electron chi connectivity index (χ0n) is 9.90. The Balaban J connectivity index is 1.75. The number of benzene rings is 1. The average Bonchev–Trinajstić information content (AvgIpc) is 2.68. The van der Waals surface area contributed by atoms with Crippen molar-refractivity contribution in [3.63, 3.8) is 0 Å². The van der Waals surface area contributed by atoms with Crippen LogP contribution in [0.1, 0.15) is 19.3 Å². The van der Waals surface area contributed by atoms with Crippen molar-refractivity contribution >= 4 is 26.7 Å². The van der Waals surface area contributed by atoms with E-state index in [0.29, 0.717) is 0 Å². The van der Waals surface area contributed by atoms with Gasteiger partial charge in [-0.2, -0.15) is 0 Å². The average molecular weight is 248 g/mol. The molecule has 0 bridgehead atoms. The molecule has 1 aromatic carbocycles. The molecule has 1 fully saturated rings. The summed E-state index contributed by atoms with van der Waals surface area (Å²) in [5.74, 6) is 1.75. The van der Waals surface area contributed by atoms with Gasteiger partial charge >= 0.3 is 0 Å². The number of nitrogens with zero attached hydrogens (tertiary/aromatic N) is 1. The Bertz CT molecular complexity index is 519. The predicted molar refractivity (Wildman–Crippen MR) is 72.0 cm³/mol. The van der Waals surface area contributed by atoms with Crippen LogP contribution in [0.15, 0.2) is 18.2 Å². The maximum absolute atomic E-state index is 5.21. The van der Waals surface area contributed by atoms with Gasteiger partial charge in [-0.15, -0.1) is 0 Å². The molecule has 0 aliphatic heterocycles. The molecule has 0 atom stereocenters. The van der Waals surface area contributed by atoms with E-state index in [1.54, 1.807) is 18.4 Å².